The molecule has 0 saturated carbocycles. The zero-order chi connectivity index (χ0) is 13.2. The number of carbonyl (C=O) groups is 1. The topological polar surface area (TPSA) is 67.9 Å². The molecular weight excluding hydrogens is 242 g/mol. The second-order valence-corrected chi connectivity index (χ2v) is 4.01. The van der Waals surface area contributed by atoms with E-state index in [9.17, 15) is 4.79 Å². The molecule has 0 fully saturated rings. The Bertz CT molecular complexity index is 732. The predicted molar refractivity (Wildman–Crippen MR) is 69.5 cm³/mol. The number of aromatic nitrogens is 3. The van der Waals surface area contributed by atoms with Crippen molar-refractivity contribution in [2.24, 2.45) is 0 Å². The van der Waals surface area contributed by atoms with Crippen molar-refractivity contribution in [2.45, 2.75) is 0 Å². The van der Waals surface area contributed by atoms with E-state index in [0.29, 0.717) is 11.2 Å². The van der Waals surface area contributed by atoms with Crippen LogP contribution >= 0.6 is 0 Å². The third-order valence-corrected chi connectivity index (χ3v) is 2.86. The standard InChI is InChI=1S/C14H10N3O2/c1-19-14(18)10-4-2-9(3-5-10)11-6-12-13(15-7-11)17-8-16-12/h2-7H,1H3,(H,15,16,17). The van der Waals surface area contributed by atoms with Crippen LogP contribution in [0.4, 0.5) is 0 Å². The number of fused-ring (bicyclic) bond motifs is 1. The summed E-state index contributed by atoms with van der Waals surface area (Å²) < 4.78 is 4.66. The van der Waals surface area contributed by atoms with Gasteiger partial charge in [-0.25, -0.2) is 14.8 Å². The van der Waals surface area contributed by atoms with Gasteiger partial charge < -0.3 is 9.72 Å². The summed E-state index contributed by atoms with van der Waals surface area (Å²) >= 11 is 0. The molecule has 0 amide bonds. The molecule has 3 aromatic rings. The Kier molecular flexibility index (Phi) is 2.72. The van der Waals surface area contributed by atoms with Crippen molar-refractivity contribution in [1.29, 1.82) is 0 Å². The normalized spacial score (nSPS) is 10.6. The summed E-state index contributed by atoms with van der Waals surface area (Å²) in [5.41, 5.74) is 3.88. The lowest BCUT2D eigenvalue weighted by Crippen LogP contribution is -2.00. The Morgan fingerprint density at radius 1 is 1.26 bits per heavy atom. The van der Waals surface area contributed by atoms with Gasteiger partial charge in [-0.3, -0.25) is 0 Å². The molecule has 93 valence electrons. The van der Waals surface area contributed by atoms with Crippen LogP contribution in [0.1, 0.15) is 10.4 Å². The fraction of sp³-hybridized carbons (Fsp3) is 0.0714. The van der Waals surface area contributed by atoms with Crippen molar-refractivity contribution in [3.05, 3.63) is 48.4 Å². The van der Waals surface area contributed by atoms with E-state index in [4.69, 9.17) is 0 Å². The number of nitrogens with zero attached hydrogens (tertiary/aromatic N) is 2. The van der Waals surface area contributed by atoms with E-state index >= 15 is 0 Å². The first-order chi connectivity index (χ1) is 9.28. The van der Waals surface area contributed by atoms with Gasteiger partial charge in [-0.15, -0.1) is 0 Å². The maximum atomic E-state index is 11.3. The number of benzene rings is 1. The molecule has 0 bridgehead atoms. The van der Waals surface area contributed by atoms with E-state index < -0.39 is 0 Å². The first-order valence-electron chi connectivity index (χ1n) is 5.68. The fourth-order valence-corrected chi connectivity index (χ4v) is 1.85. The predicted octanol–water partition coefficient (Wildman–Crippen LogP) is 2.21. The smallest absolute Gasteiger partial charge is 0.337 e. The van der Waals surface area contributed by atoms with Crippen molar-refractivity contribution in [2.75, 3.05) is 7.11 Å². The van der Waals surface area contributed by atoms with E-state index in [2.05, 4.69) is 26.0 Å². The van der Waals surface area contributed by atoms with Gasteiger partial charge in [0.15, 0.2) is 12.0 Å². The van der Waals surface area contributed by atoms with Gasteiger partial charge in [-0.05, 0) is 23.8 Å². The van der Waals surface area contributed by atoms with E-state index in [1.54, 1.807) is 18.3 Å². The van der Waals surface area contributed by atoms with Crippen LogP contribution in [0, 0.1) is 6.33 Å². The Labute approximate surface area is 109 Å². The summed E-state index contributed by atoms with van der Waals surface area (Å²) in [5.74, 6) is -0.345. The van der Waals surface area contributed by atoms with Crippen molar-refractivity contribution >= 4 is 17.1 Å². The molecule has 0 atom stereocenters. The number of imidazole rings is 1. The molecule has 5 nitrogen and oxygen atoms in total. The number of esters is 1. The van der Waals surface area contributed by atoms with Crippen molar-refractivity contribution in [1.82, 2.24) is 15.0 Å². The van der Waals surface area contributed by atoms with E-state index in [1.807, 2.05) is 18.2 Å². The number of hydrogen-bond donors (Lipinski definition) is 1. The van der Waals surface area contributed by atoms with Gasteiger partial charge in [0.05, 0.1) is 12.7 Å². The van der Waals surface area contributed by atoms with Crippen LogP contribution in [0.5, 0.6) is 0 Å². The van der Waals surface area contributed by atoms with Crippen molar-refractivity contribution in [3.63, 3.8) is 0 Å². The van der Waals surface area contributed by atoms with Gasteiger partial charge in [-0.2, -0.15) is 0 Å². The molecule has 0 saturated heterocycles. The monoisotopic (exact) mass is 252 g/mol. The molecule has 2 aromatic heterocycles. The third kappa shape index (κ3) is 2.06. The van der Waals surface area contributed by atoms with Crippen LogP contribution in [0.25, 0.3) is 22.3 Å². The molecule has 2 heterocycles. The molecule has 0 aliphatic heterocycles. The van der Waals surface area contributed by atoms with E-state index in [-0.39, 0.29) is 5.97 Å². The minimum Gasteiger partial charge on any atom is -0.465 e. The summed E-state index contributed by atoms with van der Waals surface area (Å²) in [5, 5.41) is 0. The van der Waals surface area contributed by atoms with Crippen LogP contribution in [0.3, 0.4) is 0 Å². The summed E-state index contributed by atoms with van der Waals surface area (Å²) in [6, 6.07) is 9.07. The van der Waals surface area contributed by atoms with Crippen molar-refractivity contribution < 1.29 is 9.53 Å². The highest BCUT2D eigenvalue weighted by atomic mass is 16.5. The van der Waals surface area contributed by atoms with Gasteiger partial charge in [-0.1, -0.05) is 12.1 Å². The summed E-state index contributed by atoms with van der Waals surface area (Å²) in [4.78, 5) is 22.5. The number of H-pyrrole nitrogens is 1. The van der Waals surface area contributed by atoms with Gasteiger partial charge in [0, 0.05) is 11.8 Å². The SMILES string of the molecule is COC(=O)c1ccc(-c2cnc3[nH][c]nc3c2)cc1. The fourth-order valence-electron chi connectivity index (χ4n) is 1.85. The quantitative estimate of drug-likeness (QED) is 0.710. The Morgan fingerprint density at radius 2 is 2.05 bits per heavy atom. The largest absolute Gasteiger partial charge is 0.465 e. The lowest BCUT2D eigenvalue weighted by molar-refractivity contribution is 0.0601. The number of methoxy groups -OCH3 is 1. The molecular formula is C14H10N3O2. The molecule has 0 unspecified atom stereocenters. The van der Waals surface area contributed by atoms with Crippen LogP contribution in [-0.4, -0.2) is 28.0 Å². The number of nitrogens with one attached hydrogen (secondary N) is 1. The zero-order valence-electron chi connectivity index (χ0n) is 10.2. The molecule has 0 aliphatic carbocycles. The number of hydrogen-bond acceptors (Lipinski definition) is 4. The van der Waals surface area contributed by atoms with Crippen molar-refractivity contribution in [3.8, 4) is 11.1 Å². The van der Waals surface area contributed by atoms with E-state index in [0.717, 1.165) is 16.6 Å². The van der Waals surface area contributed by atoms with Crippen LogP contribution in [0.15, 0.2) is 36.5 Å². The maximum absolute atomic E-state index is 11.3. The van der Waals surface area contributed by atoms with Crippen LogP contribution in [0.2, 0.25) is 0 Å². The van der Waals surface area contributed by atoms with Gasteiger partial charge in [0.25, 0.3) is 0 Å². The highest BCUT2D eigenvalue weighted by molar-refractivity contribution is 5.90. The molecule has 5 heteroatoms. The Balaban J connectivity index is 1.99. The summed E-state index contributed by atoms with van der Waals surface area (Å²) in [6.45, 7) is 0. The van der Waals surface area contributed by atoms with Crippen LogP contribution in [-0.2, 0) is 4.74 Å². The highest BCUT2D eigenvalue weighted by Crippen LogP contribution is 2.21. The molecule has 3 rings (SSSR count). The van der Waals surface area contributed by atoms with E-state index in [1.165, 1.54) is 7.11 Å². The lowest BCUT2D eigenvalue weighted by Gasteiger charge is -2.03. The van der Waals surface area contributed by atoms with Gasteiger partial charge in [0.1, 0.15) is 5.52 Å². The number of aromatic amines is 1. The second kappa shape index (κ2) is 4.53. The van der Waals surface area contributed by atoms with Gasteiger partial charge >= 0.3 is 5.97 Å². The number of pyridine rings is 1. The lowest BCUT2D eigenvalue weighted by atomic mass is 10.1. The molecule has 1 aromatic carbocycles. The maximum Gasteiger partial charge on any atom is 0.337 e. The molecule has 1 N–H and O–H groups in total. The third-order valence-electron chi connectivity index (χ3n) is 2.86. The molecule has 0 aliphatic rings. The Morgan fingerprint density at radius 3 is 2.79 bits per heavy atom. The minimum absolute atomic E-state index is 0.345. The number of rotatable bonds is 2. The molecule has 1 radical (unpaired) electrons. The van der Waals surface area contributed by atoms with Crippen LogP contribution < -0.4 is 0 Å². The average molecular weight is 252 g/mol. The minimum atomic E-state index is -0.345. The number of ether oxygens (including phenoxy) is 1. The first-order valence-corrected chi connectivity index (χ1v) is 5.68. The summed E-state index contributed by atoms with van der Waals surface area (Å²) in [6.07, 6.45) is 4.40. The highest BCUT2D eigenvalue weighted by Gasteiger charge is 2.06. The van der Waals surface area contributed by atoms with Gasteiger partial charge in [0.2, 0.25) is 0 Å². The molecule has 0 spiro atoms. The first kappa shape index (κ1) is 11.4. The second-order valence-electron chi connectivity index (χ2n) is 4.01. The Hall–Kier alpha value is -2.69. The molecule has 19 heavy (non-hydrogen) atoms. The zero-order valence-corrected chi connectivity index (χ0v) is 10.2. The average Bonchev–Trinajstić information content (AvgIpc) is 2.94. The number of carbonyl (C=O) groups excluding carboxylic acids is 1. The summed E-state index contributed by atoms with van der Waals surface area (Å²) in [7, 11) is 1.36.